The Morgan fingerprint density at radius 2 is 1.77 bits per heavy atom. The number of benzene rings is 1. The summed E-state index contributed by atoms with van der Waals surface area (Å²) >= 11 is 3.64. The summed E-state index contributed by atoms with van der Waals surface area (Å²) < 4.78 is 14.8. The molecule has 2 nitrogen and oxygen atoms in total. The van der Waals surface area contributed by atoms with E-state index in [2.05, 4.69) is 26.1 Å². The van der Waals surface area contributed by atoms with Crippen molar-refractivity contribution in [3.05, 3.63) is 34.1 Å². The maximum Gasteiger partial charge on any atom is 0.123 e. The number of rotatable bonds is 3. The lowest BCUT2D eigenvalue weighted by Crippen LogP contribution is -2.46. The summed E-state index contributed by atoms with van der Waals surface area (Å²) in [5.41, 5.74) is 1.14. The summed E-state index contributed by atoms with van der Waals surface area (Å²) in [5.74, 6) is 0.549. The van der Waals surface area contributed by atoms with Crippen molar-refractivity contribution in [2.45, 2.75) is 31.7 Å². The number of hydrogen-bond donors (Lipinski definition) is 1. The third-order valence-corrected chi connectivity index (χ3v) is 5.39. The van der Waals surface area contributed by atoms with Gasteiger partial charge in [-0.05, 0) is 42.5 Å². The number of nitrogens with one attached hydrogen (secondary N) is 1. The van der Waals surface area contributed by atoms with E-state index < -0.39 is 0 Å². The maximum absolute atomic E-state index is 13.7. The average Bonchev–Trinajstić information content (AvgIpc) is 2.98. The molecule has 1 atom stereocenters. The van der Waals surface area contributed by atoms with Crippen molar-refractivity contribution in [2.24, 2.45) is 5.92 Å². The van der Waals surface area contributed by atoms with Gasteiger partial charge in [0, 0.05) is 36.7 Å². The highest BCUT2D eigenvalue weighted by Gasteiger charge is 2.33. The first kappa shape index (κ1) is 20.2. The first-order valence-corrected chi connectivity index (χ1v) is 8.45. The van der Waals surface area contributed by atoms with E-state index in [-0.39, 0.29) is 30.6 Å². The van der Waals surface area contributed by atoms with Crippen LogP contribution >= 0.6 is 40.7 Å². The Morgan fingerprint density at radius 1 is 1.14 bits per heavy atom. The number of nitrogens with zero attached hydrogens (tertiary/aromatic N) is 1. The van der Waals surface area contributed by atoms with Crippen molar-refractivity contribution in [1.29, 1.82) is 0 Å². The van der Waals surface area contributed by atoms with Gasteiger partial charge < -0.3 is 5.32 Å². The van der Waals surface area contributed by atoms with Gasteiger partial charge in [0.05, 0.1) is 0 Å². The number of piperazine rings is 1. The minimum atomic E-state index is -0.124. The van der Waals surface area contributed by atoms with E-state index in [0.717, 1.165) is 36.2 Å². The topological polar surface area (TPSA) is 15.3 Å². The zero-order valence-corrected chi connectivity index (χ0v) is 15.8. The van der Waals surface area contributed by atoms with Crippen LogP contribution in [0.4, 0.5) is 4.39 Å². The van der Waals surface area contributed by atoms with E-state index in [1.165, 1.54) is 31.7 Å². The fraction of sp³-hybridized carbons (Fsp3) is 0.625. The molecule has 22 heavy (non-hydrogen) atoms. The number of halogens is 4. The highest BCUT2D eigenvalue weighted by molar-refractivity contribution is 9.10. The first-order valence-electron chi connectivity index (χ1n) is 7.65. The molecule has 1 aliphatic carbocycles. The third kappa shape index (κ3) is 4.57. The predicted molar refractivity (Wildman–Crippen MR) is 97.7 cm³/mol. The van der Waals surface area contributed by atoms with Crippen LogP contribution in [0.15, 0.2) is 22.7 Å². The summed E-state index contributed by atoms with van der Waals surface area (Å²) in [7, 11) is 0. The van der Waals surface area contributed by atoms with Crippen LogP contribution in [0.25, 0.3) is 0 Å². The Morgan fingerprint density at radius 3 is 2.41 bits per heavy atom. The molecule has 0 unspecified atom stereocenters. The molecule has 3 rings (SSSR count). The lowest BCUT2D eigenvalue weighted by molar-refractivity contribution is 0.125. The third-order valence-electron chi connectivity index (χ3n) is 4.67. The molecule has 0 amide bonds. The van der Waals surface area contributed by atoms with Crippen LogP contribution in [0, 0.1) is 11.7 Å². The van der Waals surface area contributed by atoms with Crippen LogP contribution < -0.4 is 5.32 Å². The van der Waals surface area contributed by atoms with Gasteiger partial charge >= 0.3 is 0 Å². The average molecular weight is 414 g/mol. The Balaban J connectivity index is 0.00000121. The zero-order valence-electron chi connectivity index (χ0n) is 12.6. The van der Waals surface area contributed by atoms with Gasteiger partial charge in [-0.15, -0.1) is 24.8 Å². The van der Waals surface area contributed by atoms with Gasteiger partial charge in [0.15, 0.2) is 0 Å². The molecule has 0 spiro atoms. The van der Waals surface area contributed by atoms with Gasteiger partial charge in [-0.3, -0.25) is 4.90 Å². The van der Waals surface area contributed by atoms with Crippen LogP contribution in [0.1, 0.15) is 37.3 Å². The molecule has 1 aliphatic heterocycles. The van der Waals surface area contributed by atoms with Gasteiger partial charge in [-0.1, -0.05) is 28.8 Å². The molecule has 2 aliphatic rings. The van der Waals surface area contributed by atoms with Crippen LogP contribution in [-0.2, 0) is 0 Å². The summed E-state index contributed by atoms with van der Waals surface area (Å²) in [6, 6.07) is 5.49. The molecule has 6 heteroatoms. The SMILES string of the molecule is Cl.Cl.Fc1ccc(Br)c([C@@H](C2CCCC2)N2CCNCC2)c1. The van der Waals surface area contributed by atoms with Gasteiger partial charge in [-0.25, -0.2) is 4.39 Å². The monoisotopic (exact) mass is 412 g/mol. The standard InChI is InChI=1S/C16H22BrFN2.2ClH/c17-15-6-5-13(18)11-14(15)16(12-3-1-2-4-12)20-9-7-19-8-10-20;;/h5-6,11-12,16,19H,1-4,7-10H2;2*1H/t16-;;/m1../s1. The van der Waals surface area contributed by atoms with E-state index in [1.54, 1.807) is 6.07 Å². The van der Waals surface area contributed by atoms with Crippen LogP contribution in [-0.4, -0.2) is 31.1 Å². The van der Waals surface area contributed by atoms with Crippen LogP contribution in [0.2, 0.25) is 0 Å². The second-order valence-electron chi connectivity index (χ2n) is 5.94. The number of hydrogen-bond acceptors (Lipinski definition) is 2. The van der Waals surface area contributed by atoms with Crippen molar-refractivity contribution in [3.63, 3.8) is 0 Å². The predicted octanol–water partition coefficient (Wildman–Crippen LogP) is 4.57. The second-order valence-corrected chi connectivity index (χ2v) is 6.80. The Bertz CT molecular complexity index is 463. The largest absolute Gasteiger partial charge is 0.314 e. The maximum atomic E-state index is 13.7. The van der Waals surface area contributed by atoms with Gasteiger partial charge in [0.25, 0.3) is 0 Å². The van der Waals surface area contributed by atoms with E-state index in [1.807, 2.05) is 6.07 Å². The quantitative estimate of drug-likeness (QED) is 0.780. The minimum absolute atomic E-state index is 0. The lowest BCUT2D eigenvalue weighted by atomic mass is 9.89. The highest BCUT2D eigenvalue weighted by Crippen LogP contribution is 2.42. The van der Waals surface area contributed by atoms with Crippen LogP contribution in [0.3, 0.4) is 0 Å². The second kappa shape index (κ2) is 9.43. The fourth-order valence-corrected chi connectivity index (χ4v) is 4.20. The smallest absolute Gasteiger partial charge is 0.123 e. The molecule has 2 fully saturated rings. The zero-order chi connectivity index (χ0) is 13.9. The normalized spacial score (nSPS) is 21.0. The summed E-state index contributed by atoms with van der Waals surface area (Å²) in [6.07, 6.45) is 5.19. The molecule has 0 radical (unpaired) electrons. The molecule has 1 heterocycles. The molecule has 1 N–H and O–H groups in total. The molecule has 1 saturated heterocycles. The van der Waals surface area contributed by atoms with Crippen molar-refractivity contribution >= 4 is 40.7 Å². The van der Waals surface area contributed by atoms with Crippen LogP contribution in [0.5, 0.6) is 0 Å². The van der Waals surface area contributed by atoms with Gasteiger partial charge in [-0.2, -0.15) is 0 Å². The Labute approximate surface area is 153 Å². The summed E-state index contributed by atoms with van der Waals surface area (Å²) in [5, 5.41) is 3.41. The highest BCUT2D eigenvalue weighted by atomic mass is 79.9. The molecule has 0 bridgehead atoms. The molecule has 1 aromatic carbocycles. The molecule has 1 saturated carbocycles. The first-order chi connectivity index (χ1) is 9.75. The van der Waals surface area contributed by atoms with Crippen molar-refractivity contribution in [3.8, 4) is 0 Å². The lowest BCUT2D eigenvalue weighted by Gasteiger charge is -2.39. The van der Waals surface area contributed by atoms with E-state index in [4.69, 9.17) is 0 Å². The summed E-state index contributed by atoms with van der Waals surface area (Å²) in [4.78, 5) is 2.55. The molecular weight excluding hydrogens is 390 g/mol. The molecule has 1 aromatic rings. The molecule has 0 aromatic heterocycles. The Kier molecular flexibility index (Phi) is 8.65. The van der Waals surface area contributed by atoms with Crippen molar-refractivity contribution < 1.29 is 4.39 Å². The minimum Gasteiger partial charge on any atom is -0.314 e. The molecule has 126 valence electrons. The summed E-state index contributed by atoms with van der Waals surface area (Å²) in [6.45, 7) is 4.19. The van der Waals surface area contributed by atoms with E-state index in [9.17, 15) is 4.39 Å². The fourth-order valence-electron chi connectivity index (χ4n) is 3.72. The van der Waals surface area contributed by atoms with Gasteiger partial charge in [0.1, 0.15) is 5.82 Å². The van der Waals surface area contributed by atoms with E-state index in [0.29, 0.717) is 12.0 Å². The van der Waals surface area contributed by atoms with Crippen molar-refractivity contribution in [2.75, 3.05) is 26.2 Å². The molecular formula is C16H24BrCl2FN2. The van der Waals surface area contributed by atoms with Crippen molar-refractivity contribution in [1.82, 2.24) is 10.2 Å². The Hall–Kier alpha value is 0.130. The van der Waals surface area contributed by atoms with Gasteiger partial charge in [0.2, 0.25) is 0 Å². The van der Waals surface area contributed by atoms with E-state index >= 15 is 0 Å².